The maximum absolute atomic E-state index is 10.9. The monoisotopic (exact) mass is 282 g/mol. The summed E-state index contributed by atoms with van der Waals surface area (Å²) in [7, 11) is 0. The van der Waals surface area contributed by atoms with Crippen molar-refractivity contribution in [1.29, 1.82) is 0 Å². The van der Waals surface area contributed by atoms with Crippen molar-refractivity contribution in [2.24, 2.45) is 0 Å². The van der Waals surface area contributed by atoms with Crippen LogP contribution in [0.3, 0.4) is 0 Å². The van der Waals surface area contributed by atoms with Gasteiger partial charge in [-0.1, -0.05) is 0 Å². The molecule has 0 aliphatic rings. The molecular weight excluding hydrogens is 260 g/mol. The van der Waals surface area contributed by atoms with Crippen LogP contribution in [0.15, 0.2) is 18.2 Å². The van der Waals surface area contributed by atoms with E-state index in [1.165, 1.54) is 12.1 Å². The highest BCUT2D eigenvalue weighted by Crippen LogP contribution is 2.26. The van der Waals surface area contributed by atoms with Gasteiger partial charge in [-0.2, -0.15) is 0 Å². The second-order valence-electron chi connectivity index (χ2n) is 4.95. The zero-order valence-electron chi connectivity index (χ0n) is 12.4. The van der Waals surface area contributed by atoms with Gasteiger partial charge in [-0.05, 0) is 27.7 Å². The zero-order valence-corrected chi connectivity index (χ0v) is 12.4. The molecule has 6 heteroatoms. The van der Waals surface area contributed by atoms with Gasteiger partial charge in [0.25, 0.3) is 5.69 Å². The highest BCUT2D eigenvalue weighted by atomic mass is 16.6. The summed E-state index contributed by atoms with van der Waals surface area (Å²) in [5, 5.41) is 14.1. The van der Waals surface area contributed by atoms with Crippen LogP contribution in [0.25, 0.3) is 0 Å². The van der Waals surface area contributed by atoms with Gasteiger partial charge in [-0.25, -0.2) is 0 Å². The number of nitro benzene ring substituents is 1. The minimum absolute atomic E-state index is 0.00710. The van der Waals surface area contributed by atoms with Gasteiger partial charge in [0.1, 0.15) is 5.75 Å². The Morgan fingerprint density at radius 1 is 1.25 bits per heavy atom. The summed E-state index contributed by atoms with van der Waals surface area (Å²) in [6.45, 7) is 9.33. The Kier molecular flexibility index (Phi) is 5.76. The summed E-state index contributed by atoms with van der Waals surface area (Å²) in [4.78, 5) is 10.5. The normalized spacial score (nSPS) is 11.2. The van der Waals surface area contributed by atoms with E-state index >= 15 is 0 Å². The maximum atomic E-state index is 10.9. The molecular formula is C14H22N2O4. The van der Waals surface area contributed by atoms with Crippen LogP contribution in [0.2, 0.25) is 0 Å². The second kappa shape index (κ2) is 7.09. The molecule has 0 radical (unpaired) electrons. The second-order valence-corrected chi connectivity index (χ2v) is 4.95. The number of hydrogen-bond acceptors (Lipinski definition) is 5. The van der Waals surface area contributed by atoms with Crippen LogP contribution in [-0.2, 0) is 4.74 Å². The molecule has 0 fully saturated rings. The Balaban J connectivity index is 2.85. The van der Waals surface area contributed by atoms with E-state index in [1.807, 2.05) is 27.7 Å². The van der Waals surface area contributed by atoms with Crippen molar-refractivity contribution in [2.45, 2.75) is 33.3 Å². The number of rotatable bonds is 8. The largest absolute Gasteiger partial charge is 0.494 e. The third-order valence-electron chi connectivity index (χ3n) is 2.67. The topological polar surface area (TPSA) is 73.6 Å². The number of ether oxygens (including phenoxy) is 2. The first-order valence-electron chi connectivity index (χ1n) is 6.68. The third kappa shape index (κ3) is 5.05. The molecule has 0 amide bonds. The van der Waals surface area contributed by atoms with Crippen LogP contribution in [0.4, 0.5) is 11.4 Å². The van der Waals surface area contributed by atoms with Gasteiger partial charge in [0.05, 0.1) is 23.2 Å². The minimum Gasteiger partial charge on any atom is -0.494 e. The summed E-state index contributed by atoms with van der Waals surface area (Å²) >= 11 is 0. The third-order valence-corrected chi connectivity index (χ3v) is 2.67. The number of hydrogen-bond donors (Lipinski definition) is 1. The van der Waals surface area contributed by atoms with E-state index in [1.54, 1.807) is 6.07 Å². The molecule has 20 heavy (non-hydrogen) atoms. The first-order valence-corrected chi connectivity index (χ1v) is 6.68. The molecule has 0 aromatic heterocycles. The minimum atomic E-state index is -0.429. The Hall–Kier alpha value is -1.82. The van der Waals surface area contributed by atoms with E-state index in [0.717, 1.165) is 0 Å². The van der Waals surface area contributed by atoms with Crippen LogP contribution in [0.5, 0.6) is 5.75 Å². The van der Waals surface area contributed by atoms with Crippen molar-refractivity contribution in [3.63, 3.8) is 0 Å². The van der Waals surface area contributed by atoms with Crippen molar-refractivity contribution >= 4 is 11.4 Å². The summed E-state index contributed by atoms with van der Waals surface area (Å²) in [5.74, 6) is 0.485. The van der Waals surface area contributed by atoms with Gasteiger partial charge in [0.15, 0.2) is 0 Å². The maximum Gasteiger partial charge on any atom is 0.275 e. The van der Waals surface area contributed by atoms with Gasteiger partial charge in [-0.15, -0.1) is 0 Å². The number of benzene rings is 1. The fraction of sp³-hybridized carbons (Fsp3) is 0.571. The number of anilines is 1. The smallest absolute Gasteiger partial charge is 0.275 e. The first-order chi connectivity index (χ1) is 9.38. The van der Waals surface area contributed by atoms with E-state index in [0.29, 0.717) is 31.2 Å². The summed E-state index contributed by atoms with van der Waals surface area (Å²) in [6.07, 6.45) is 0. The van der Waals surface area contributed by atoms with Gasteiger partial charge in [-0.3, -0.25) is 10.1 Å². The predicted molar refractivity (Wildman–Crippen MR) is 78.5 cm³/mol. The molecule has 0 bridgehead atoms. The SMILES string of the molecule is CCOc1cc(NCC(C)(C)OCC)cc([N+](=O)[O-])c1. The molecule has 112 valence electrons. The highest BCUT2D eigenvalue weighted by molar-refractivity contribution is 5.56. The Bertz CT molecular complexity index is 460. The Morgan fingerprint density at radius 3 is 2.50 bits per heavy atom. The summed E-state index contributed by atoms with van der Waals surface area (Å²) in [5.41, 5.74) is 0.314. The predicted octanol–water partition coefficient (Wildman–Crippen LogP) is 3.22. The number of nitrogens with one attached hydrogen (secondary N) is 1. The first kappa shape index (κ1) is 16.2. The fourth-order valence-corrected chi connectivity index (χ4v) is 1.80. The average molecular weight is 282 g/mol. The lowest BCUT2D eigenvalue weighted by Gasteiger charge is -2.25. The fourth-order valence-electron chi connectivity index (χ4n) is 1.80. The molecule has 0 saturated heterocycles. The molecule has 1 aromatic rings. The van der Waals surface area contributed by atoms with Crippen LogP contribution in [0, 0.1) is 10.1 Å². The average Bonchev–Trinajstić information content (AvgIpc) is 2.36. The van der Waals surface area contributed by atoms with E-state index in [-0.39, 0.29) is 11.3 Å². The molecule has 1 rings (SSSR count). The van der Waals surface area contributed by atoms with Crippen LogP contribution in [-0.4, -0.2) is 30.3 Å². The molecule has 1 N–H and O–H groups in total. The molecule has 0 heterocycles. The van der Waals surface area contributed by atoms with Gasteiger partial charge < -0.3 is 14.8 Å². The molecule has 0 saturated carbocycles. The molecule has 0 spiro atoms. The summed E-state index contributed by atoms with van der Waals surface area (Å²) in [6, 6.07) is 4.66. The standard InChI is InChI=1S/C14H22N2O4/c1-5-19-13-8-11(7-12(9-13)16(17)18)15-10-14(3,4)20-6-2/h7-9,15H,5-6,10H2,1-4H3. The van der Waals surface area contributed by atoms with Gasteiger partial charge in [0, 0.05) is 31.0 Å². The van der Waals surface area contributed by atoms with Crippen LogP contribution >= 0.6 is 0 Å². The molecule has 0 aliphatic heterocycles. The lowest BCUT2D eigenvalue weighted by atomic mass is 10.1. The molecule has 0 aliphatic carbocycles. The van der Waals surface area contributed by atoms with Crippen molar-refractivity contribution < 1.29 is 14.4 Å². The van der Waals surface area contributed by atoms with E-state index in [2.05, 4.69) is 5.32 Å². The number of nitrogens with zero attached hydrogens (tertiary/aromatic N) is 1. The molecule has 0 unspecified atom stereocenters. The lowest BCUT2D eigenvalue weighted by Crippen LogP contribution is -2.33. The molecule has 1 aromatic carbocycles. The van der Waals surface area contributed by atoms with Crippen LogP contribution in [0.1, 0.15) is 27.7 Å². The molecule has 0 atom stereocenters. The van der Waals surface area contributed by atoms with E-state index < -0.39 is 4.92 Å². The van der Waals surface area contributed by atoms with E-state index in [9.17, 15) is 10.1 Å². The van der Waals surface area contributed by atoms with Crippen molar-refractivity contribution in [3.05, 3.63) is 28.3 Å². The lowest BCUT2D eigenvalue weighted by molar-refractivity contribution is -0.384. The zero-order chi connectivity index (χ0) is 15.2. The quantitative estimate of drug-likeness (QED) is 0.585. The van der Waals surface area contributed by atoms with Crippen LogP contribution < -0.4 is 10.1 Å². The van der Waals surface area contributed by atoms with Gasteiger partial charge in [0.2, 0.25) is 0 Å². The van der Waals surface area contributed by atoms with Crippen molar-refractivity contribution in [3.8, 4) is 5.75 Å². The van der Waals surface area contributed by atoms with Gasteiger partial charge >= 0.3 is 0 Å². The summed E-state index contributed by atoms with van der Waals surface area (Å²) < 4.78 is 10.9. The Labute approximate surface area is 119 Å². The Morgan fingerprint density at radius 2 is 1.95 bits per heavy atom. The highest BCUT2D eigenvalue weighted by Gasteiger charge is 2.18. The van der Waals surface area contributed by atoms with E-state index in [4.69, 9.17) is 9.47 Å². The van der Waals surface area contributed by atoms with Crippen molar-refractivity contribution in [1.82, 2.24) is 0 Å². The van der Waals surface area contributed by atoms with Crippen molar-refractivity contribution in [2.75, 3.05) is 25.1 Å². The molecule has 6 nitrogen and oxygen atoms in total. The number of non-ortho nitro benzene ring substituents is 1. The number of nitro groups is 1.